The van der Waals surface area contributed by atoms with E-state index in [0.717, 1.165) is 15.8 Å². The first-order valence-electron chi connectivity index (χ1n) is 5.09. The quantitative estimate of drug-likeness (QED) is 0.902. The molecule has 88 valence electrons. The van der Waals surface area contributed by atoms with E-state index in [1.807, 2.05) is 25.1 Å². The first-order chi connectivity index (χ1) is 7.54. The van der Waals surface area contributed by atoms with E-state index >= 15 is 0 Å². The van der Waals surface area contributed by atoms with Crippen LogP contribution in [0.15, 0.2) is 22.7 Å². The molecular weight excluding hydrogens is 272 g/mol. The van der Waals surface area contributed by atoms with Crippen molar-refractivity contribution in [2.24, 2.45) is 0 Å². The second-order valence-electron chi connectivity index (χ2n) is 3.73. The van der Waals surface area contributed by atoms with Gasteiger partial charge in [0, 0.05) is 6.42 Å². The zero-order chi connectivity index (χ0) is 12.1. The summed E-state index contributed by atoms with van der Waals surface area (Å²) in [4.78, 5) is 10.5. The van der Waals surface area contributed by atoms with Gasteiger partial charge in [-0.05, 0) is 46.0 Å². The maximum absolute atomic E-state index is 10.5. The van der Waals surface area contributed by atoms with E-state index in [4.69, 9.17) is 9.84 Å². The number of rotatable bonds is 5. The van der Waals surface area contributed by atoms with Crippen LogP contribution >= 0.6 is 15.9 Å². The molecule has 1 N–H and O–H groups in total. The van der Waals surface area contributed by atoms with Crippen molar-refractivity contribution in [2.75, 3.05) is 7.11 Å². The summed E-state index contributed by atoms with van der Waals surface area (Å²) in [7, 11) is 1.62. The van der Waals surface area contributed by atoms with E-state index in [9.17, 15) is 4.79 Å². The maximum atomic E-state index is 10.5. The Morgan fingerprint density at radius 2 is 2.25 bits per heavy atom. The van der Waals surface area contributed by atoms with Crippen molar-refractivity contribution in [1.29, 1.82) is 0 Å². The average Bonchev–Trinajstić information content (AvgIpc) is 2.25. The second-order valence-corrected chi connectivity index (χ2v) is 4.58. The van der Waals surface area contributed by atoms with Gasteiger partial charge in [-0.15, -0.1) is 0 Å². The van der Waals surface area contributed by atoms with Gasteiger partial charge in [-0.1, -0.05) is 13.0 Å². The van der Waals surface area contributed by atoms with Crippen LogP contribution in [0.1, 0.15) is 31.2 Å². The number of benzene rings is 1. The zero-order valence-electron chi connectivity index (χ0n) is 9.37. The van der Waals surface area contributed by atoms with Crippen molar-refractivity contribution in [3.8, 4) is 5.75 Å². The number of carboxylic acids is 1. The highest BCUT2D eigenvalue weighted by molar-refractivity contribution is 9.10. The van der Waals surface area contributed by atoms with Gasteiger partial charge < -0.3 is 9.84 Å². The van der Waals surface area contributed by atoms with Gasteiger partial charge in [-0.25, -0.2) is 0 Å². The molecule has 4 heteroatoms. The zero-order valence-corrected chi connectivity index (χ0v) is 11.0. The molecule has 0 aliphatic rings. The van der Waals surface area contributed by atoms with Crippen LogP contribution in [0.25, 0.3) is 0 Å². The summed E-state index contributed by atoms with van der Waals surface area (Å²) in [5.74, 6) is 0.270. The highest BCUT2D eigenvalue weighted by Gasteiger charge is 2.10. The normalized spacial score (nSPS) is 12.2. The predicted molar refractivity (Wildman–Crippen MR) is 66.0 cm³/mol. The summed E-state index contributed by atoms with van der Waals surface area (Å²) in [5, 5.41) is 8.62. The molecule has 16 heavy (non-hydrogen) atoms. The van der Waals surface area contributed by atoms with E-state index < -0.39 is 5.97 Å². The highest BCUT2D eigenvalue weighted by atomic mass is 79.9. The molecule has 0 spiro atoms. The fraction of sp³-hybridized carbons (Fsp3) is 0.417. The summed E-state index contributed by atoms with van der Waals surface area (Å²) < 4.78 is 6.03. The fourth-order valence-electron chi connectivity index (χ4n) is 1.50. The van der Waals surface area contributed by atoms with Crippen molar-refractivity contribution in [2.45, 2.75) is 25.7 Å². The summed E-state index contributed by atoms with van der Waals surface area (Å²) >= 11 is 3.41. The monoisotopic (exact) mass is 286 g/mol. The summed E-state index contributed by atoms with van der Waals surface area (Å²) in [6.45, 7) is 2.02. The molecular formula is C12H15BrO3. The lowest BCUT2D eigenvalue weighted by Crippen LogP contribution is -2.00. The average molecular weight is 287 g/mol. The van der Waals surface area contributed by atoms with Crippen LogP contribution in [-0.2, 0) is 4.79 Å². The number of methoxy groups -OCH3 is 1. The molecule has 0 fully saturated rings. The fourth-order valence-corrected chi connectivity index (χ4v) is 2.05. The molecule has 1 atom stereocenters. The summed E-state index contributed by atoms with van der Waals surface area (Å²) in [6, 6.07) is 5.83. The van der Waals surface area contributed by atoms with Gasteiger partial charge in [0.15, 0.2) is 0 Å². The van der Waals surface area contributed by atoms with Crippen LogP contribution in [0, 0.1) is 0 Å². The Hall–Kier alpha value is -1.03. The predicted octanol–water partition coefficient (Wildman–Crippen LogP) is 3.43. The molecule has 1 aromatic rings. The summed E-state index contributed by atoms with van der Waals surface area (Å²) in [6.07, 6.45) is 0.846. The minimum absolute atomic E-state index is 0.199. The number of hydrogen-bond acceptors (Lipinski definition) is 2. The molecule has 0 aliphatic heterocycles. The Morgan fingerprint density at radius 3 is 2.75 bits per heavy atom. The highest BCUT2D eigenvalue weighted by Crippen LogP contribution is 2.30. The first-order valence-corrected chi connectivity index (χ1v) is 5.89. The third-order valence-electron chi connectivity index (χ3n) is 2.54. The minimum atomic E-state index is -0.751. The number of ether oxygens (including phenoxy) is 1. The standard InChI is InChI=1S/C12H15BrO3/c1-8(3-6-12(14)15)9-4-5-11(16-2)10(13)7-9/h4-5,7-8H,3,6H2,1-2H3,(H,14,15). The van der Waals surface area contributed by atoms with Gasteiger partial charge in [0.05, 0.1) is 11.6 Å². The van der Waals surface area contributed by atoms with Crippen LogP contribution in [0.5, 0.6) is 5.75 Å². The van der Waals surface area contributed by atoms with Crippen LogP contribution in [0.3, 0.4) is 0 Å². The van der Waals surface area contributed by atoms with Crippen molar-refractivity contribution in [3.63, 3.8) is 0 Å². The number of carbonyl (C=O) groups is 1. The Balaban J connectivity index is 2.72. The molecule has 0 bridgehead atoms. The lowest BCUT2D eigenvalue weighted by atomic mass is 9.96. The van der Waals surface area contributed by atoms with Gasteiger partial charge in [0.25, 0.3) is 0 Å². The molecule has 0 radical (unpaired) electrons. The third kappa shape index (κ3) is 3.52. The second kappa shape index (κ2) is 5.89. The number of aliphatic carboxylic acids is 1. The third-order valence-corrected chi connectivity index (χ3v) is 3.16. The molecule has 1 aromatic carbocycles. The van der Waals surface area contributed by atoms with Gasteiger partial charge >= 0.3 is 5.97 Å². The SMILES string of the molecule is COc1ccc(C(C)CCC(=O)O)cc1Br. The molecule has 0 saturated heterocycles. The Kier molecular flexibility index (Phi) is 4.80. The Bertz CT molecular complexity index is 377. The van der Waals surface area contributed by atoms with E-state index in [2.05, 4.69) is 15.9 Å². The van der Waals surface area contributed by atoms with Crippen LogP contribution < -0.4 is 4.74 Å². The molecule has 0 saturated carbocycles. The smallest absolute Gasteiger partial charge is 0.303 e. The van der Waals surface area contributed by atoms with E-state index in [0.29, 0.717) is 6.42 Å². The van der Waals surface area contributed by atoms with Gasteiger partial charge in [-0.2, -0.15) is 0 Å². The molecule has 0 heterocycles. The number of carboxylic acid groups (broad SMARTS) is 1. The van der Waals surface area contributed by atoms with Crippen molar-refractivity contribution in [3.05, 3.63) is 28.2 Å². The van der Waals surface area contributed by atoms with E-state index in [1.165, 1.54) is 0 Å². The van der Waals surface area contributed by atoms with Crippen molar-refractivity contribution >= 4 is 21.9 Å². The molecule has 0 aromatic heterocycles. The Labute approximate surface area is 104 Å². The lowest BCUT2D eigenvalue weighted by Gasteiger charge is -2.12. The van der Waals surface area contributed by atoms with Crippen molar-refractivity contribution in [1.82, 2.24) is 0 Å². The van der Waals surface area contributed by atoms with Crippen LogP contribution in [0.4, 0.5) is 0 Å². The number of hydrogen-bond donors (Lipinski definition) is 1. The van der Waals surface area contributed by atoms with E-state index in [-0.39, 0.29) is 12.3 Å². The molecule has 1 unspecified atom stereocenters. The number of halogens is 1. The van der Waals surface area contributed by atoms with Gasteiger partial charge in [-0.3, -0.25) is 4.79 Å². The van der Waals surface area contributed by atoms with E-state index in [1.54, 1.807) is 7.11 Å². The molecule has 3 nitrogen and oxygen atoms in total. The molecule has 0 aliphatic carbocycles. The topological polar surface area (TPSA) is 46.5 Å². The molecule has 0 amide bonds. The van der Waals surface area contributed by atoms with Crippen LogP contribution in [-0.4, -0.2) is 18.2 Å². The first kappa shape index (κ1) is 13.0. The summed E-state index contributed by atoms with van der Waals surface area (Å²) in [5.41, 5.74) is 1.12. The Morgan fingerprint density at radius 1 is 1.56 bits per heavy atom. The largest absolute Gasteiger partial charge is 0.496 e. The van der Waals surface area contributed by atoms with Crippen LogP contribution in [0.2, 0.25) is 0 Å². The minimum Gasteiger partial charge on any atom is -0.496 e. The van der Waals surface area contributed by atoms with Crippen molar-refractivity contribution < 1.29 is 14.6 Å². The van der Waals surface area contributed by atoms with Gasteiger partial charge in [0.2, 0.25) is 0 Å². The van der Waals surface area contributed by atoms with Gasteiger partial charge in [0.1, 0.15) is 5.75 Å². The lowest BCUT2D eigenvalue weighted by molar-refractivity contribution is -0.137. The molecule has 1 rings (SSSR count). The maximum Gasteiger partial charge on any atom is 0.303 e.